The van der Waals surface area contributed by atoms with E-state index in [1.54, 1.807) is 0 Å². The Labute approximate surface area is 298 Å². The number of carbonyl (C=O) groups is 2. The third kappa shape index (κ3) is 35.6. The van der Waals surface area contributed by atoms with Crippen LogP contribution in [0, 0.1) is 0 Å². The summed E-state index contributed by atoms with van der Waals surface area (Å²) in [7, 11) is -4.38. The predicted molar refractivity (Wildman–Crippen MR) is 201 cm³/mol. The minimum Gasteiger partial charge on any atom is -0.462 e. The topological polar surface area (TPSA) is 134 Å². The molecule has 0 aromatic heterocycles. The largest absolute Gasteiger partial charge is 0.472 e. The van der Waals surface area contributed by atoms with Gasteiger partial charge in [0.2, 0.25) is 0 Å². The summed E-state index contributed by atoms with van der Waals surface area (Å²) in [6.07, 6.45) is 38.5. The highest BCUT2D eigenvalue weighted by atomic mass is 31.2. The first-order chi connectivity index (χ1) is 23.8. The van der Waals surface area contributed by atoms with E-state index in [9.17, 15) is 19.0 Å². The van der Waals surface area contributed by atoms with Gasteiger partial charge in [-0.05, 0) is 70.6 Å². The Morgan fingerprint density at radius 2 is 1.08 bits per heavy atom. The number of hydrogen-bond donors (Lipinski definition) is 2. The maximum atomic E-state index is 12.5. The molecule has 2 atom stereocenters. The first-order valence-corrected chi connectivity index (χ1v) is 20.6. The Morgan fingerprint density at radius 3 is 1.65 bits per heavy atom. The molecule has 0 saturated carbocycles. The molecule has 0 heterocycles. The molecule has 0 spiro atoms. The van der Waals surface area contributed by atoms with Crippen LogP contribution < -0.4 is 5.73 Å². The Kier molecular flexibility index (Phi) is 34.3. The van der Waals surface area contributed by atoms with Crippen LogP contribution in [0.15, 0.2) is 48.6 Å². The quantitative estimate of drug-likeness (QED) is 0.0285. The summed E-state index contributed by atoms with van der Waals surface area (Å²) in [6, 6.07) is 0. The Morgan fingerprint density at radius 1 is 0.612 bits per heavy atom. The lowest BCUT2D eigenvalue weighted by Gasteiger charge is -2.19. The molecule has 0 rings (SSSR count). The zero-order chi connectivity index (χ0) is 36.1. The number of esters is 2. The van der Waals surface area contributed by atoms with E-state index in [1.165, 1.54) is 38.5 Å². The fourth-order valence-electron chi connectivity index (χ4n) is 4.80. The number of nitrogens with two attached hydrogens (primary N) is 1. The van der Waals surface area contributed by atoms with Crippen molar-refractivity contribution in [1.29, 1.82) is 0 Å². The molecule has 3 N–H and O–H groups in total. The van der Waals surface area contributed by atoms with Gasteiger partial charge in [0.1, 0.15) is 6.61 Å². The predicted octanol–water partition coefficient (Wildman–Crippen LogP) is 10.4. The minimum absolute atomic E-state index is 0.0471. The second-order valence-electron chi connectivity index (χ2n) is 12.4. The highest BCUT2D eigenvalue weighted by Crippen LogP contribution is 2.43. The van der Waals surface area contributed by atoms with Gasteiger partial charge < -0.3 is 20.1 Å². The van der Waals surface area contributed by atoms with E-state index in [2.05, 4.69) is 62.5 Å². The molecule has 0 aliphatic heterocycles. The van der Waals surface area contributed by atoms with Gasteiger partial charge in [0.05, 0.1) is 13.2 Å². The van der Waals surface area contributed by atoms with Crippen LogP contribution in [0.2, 0.25) is 0 Å². The molecule has 0 fully saturated rings. The zero-order valence-electron chi connectivity index (χ0n) is 30.9. The number of rotatable bonds is 35. The maximum Gasteiger partial charge on any atom is 0.472 e. The van der Waals surface area contributed by atoms with Gasteiger partial charge in [0.15, 0.2) is 6.10 Å². The van der Waals surface area contributed by atoms with Crippen LogP contribution in [0.3, 0.4) is 0 Å². The number of allylic oxidation sites excluding steroid dienone is 8. The standard InChI is InChI=1S/C39H70NO8P/c1-3-5-7-9-11-13-15-16-17-18-19-20-22-23-25-27-29-31-38(41)45-35-37(36-47-49(43,44)46-34-33-40)48-39(42)32-30-28-26-24-21-14-12-10-8-6-4-2/h10-13,16-17,19-20,37H,3-9,14-15,18,21-36,40H2,1-2H3,(H,43,44)/t37-/m1/s1. The highest BCUT2D eigenvalue weighted by Gasteiger charge is 2.25. The molecule has 9 nitrogen and oxygen atoms in total. The molecule has 0 saturated heterocycles. The summed E-state index contributed by atoms with van der Waals surface area (Å²) in [5.41, 5.74) is 5.32. The van der Waals surface area contributed by atoms with E-state index in [4.69, 9.17) is 24.3 Å². The van der Waals surface area contributed by atoms with Crippen molar-refractivity contribution in [2.24, 2.45) is 5.73 Å². The number of unbranched alkanes of at least 4 members (excludes halogenated alkanes) is 14. The van der Waals surface area contributed by atoms with Gasteiger partial charge in [-0.3, -0.25) is 18.6 Å². The third-order valence-electron chi connectivity index (χ3n) is 7.69. The van der Waals surface area contributed by atoms with E-state index in [0.717, 1.165) is 77.0 Å². The molecule has 0 aliphatic rings. The van der Waals surface area contributed by atoms with Gasteiger partial charge in [-0.2, -0.15) is 0 Å². The molecule has 0 aromatic carbocycles. The molecule has 0 bridgehead atoms. The third-order valence-corrected chi connectivity index (χ3v) is 8.67. The second-order valence-corrected chi connectivity index (χ2v) is 13.9. The number of hydrogen-bond acceptors (Lipinski definition) is 8. The molecular weight excluding hydrogens is 641 g/mol. The smallest absolute Gasteiger partial charge is 0.462 e. The Hall–Kier alpha value is -2.03. The van der Waals surface area contributed by atoms with Crippen molar-refractivity contribution in [1.82, 2.24) is 0 Å². The molecule has 10 heteroatoms. The van der Waals surface area contributed by atoms with Crippen LogP contribution in [0.25, 0.3) is 0 Å². The lowest BCUT2D eigenvalue weighted by atomic mass is 10.1. The van der Waals surface area contributed by atoms with Crippen LogP contribution in [0.5, 0.6) is 0 Å². The van der Waals surface area contributed by atoms with Crippen molar-refractivity contribution in [3.8, 4) is 0 Å². The van der Waals surface area contributed by atoms with Gasteiger partial charge >= 0.3 is 19.8 Å². The van der Waals surface area contributed by atoms with Gasteiger partial charge in [-0.15, -0.1) is 0 Å². The average Bonchev–Trinajstić information content (AvgIpc) is 3.08. The normalized spacial score (nSPS) is 14.0. The molecule has 0 amide bonds. The molecular formula is C39H70NO8P. The minimum atomic E-state index is -4.38. The Bertz CT molecular complexity index is 949. The van der Waals surface area contributed by atoms with Gasteiger partial charge in [-0.1, -0.05) is 120 Å². The van der Waals surface area contributed by atoms with Gasteiger partial charge in [-0.25, -0.2) is 4.57 Å². The lowest BCUT2D eigenvalue weighted by Crippen LogP contribution is -2.29. The van der Waals surface area contributed by atoms with Crippen molar-refractivity contribution in [3.05, 3.63) is 48.6 Å². The SMILES string of the molecule is CCCCC=CCCCCCCCC(=O)O[C@H](COC(=O)CCCCCCC=CCC=CCC=CCCCCC)COP(=O)(O)OCCN. The fourth-order valence-corrected chi connectivity index (χ4v) is 5.56. The zero-order valence-corrected chi connectivity index (χ0v) is 31.8. The molecule has 0 aromatic rings. The van der Waals surface area contributed by atoms with Crippen molar-refractivity contribution in [2.75, 3.05) is 26.4 Å². The maximum absolute atomic E-state index is 12.5. The van der Waals surface area contributed by atoms with Gasteiger partial charge in [0, 0.05) is 19.4 Å². The van der Waals surface area contributed by atoms with Crippen molar-refractivity contribution in [2.45, 2.75) is 161 Å². The van der Waals surface area contributed by atoms with Crippen LogP contribution in [0.1, 0.15) is 155 Å². The van der Waals surface area contributed by atoms with Crippen molar-refractivity contribution < 1.29 is 37.6 Å². The summed E-state index contributed by atoms with van der Waals surface area (Å²) in [6.45, 7) is 3.60. The first kappa shape index (κ1) is 47.0. The molecule has 1 unspecified atom stereocenters. The van der Waals surface area contributed by atoms with Crippen LogP contribution in [-0.2, 0) is 32.7 Å². The van der Waals surface area contributed by atoms with Crippen LogP contribution >= 0.6 is 7.82 Å². The monoisotopic (exact) mass is 711 g/mol. The van der Waals surface area contributed by atoms with E-state index >= 15 is 0 Å². The summed E-state index contributed by atoms with van der Waals surface area (Å²) in [5.74, 6) is -0.871. The van der Waals surface area contributed by atoms with Crippen LogP contribution in [0.4, 0.5) is 0 Å². The lowest BCUT2D eigenvalue weighted by molar-refractivity contribution is -0.161. The summed E-state index contributed by atoms with van der Waals surface area (Å²) >= 11 is 0. The summed E-state index contributed by atoms with van der Waals surface area (Å²) in [5, 5.41) is 0. The number of phosphoric acid groups is 1. The molecule has 49 heavy (non-hydrogen) atoms. The summed E-state index contributed by atoms with van der Waals surface area (Å²) in [4.78, 5) is 34.7. The average molecular weight is 712 g/mol. The van der Waals surface area contributed by atoms with E-state index in [0.29, 0.717) is 12.8 Å². The molecule has 0 radical (unpaired) electrons. The van der Waals surface area contributed by atoms with Crippen LogP contribution in [-0.4, -0.2) is 49.3 Å². The summed E-state index contributed by atoms with van der Waals surface area (Å²) < 4.78 is 32.6. The number of carbonyl (C=O) groups excluding carboxylic acids is 2. The first-order valence-electron chi connectivity index (χ1n) is 19.1. The fraction of sp³-hybridized carbons (Fsp3) is 0.744. The van der Waals surface area contributed by atoms with Crippen molar-refractivity contribution in [3.63, 3.8) is 0 Å². The van der Waals surface area contributed by atoms with Gasteiger partial charge in [0.25, 0.3) is 0 Å². The molecule has 0 aliphatic carbocycles. The number of ether oxygens (including phenoxy) is 2. The highest BCUT2D eigenvalue weighted by molar-refractivity contribution is 7.47. The van der Waals surface area contributed by atoms with E-state index < -0.39 is 32.5 Å². The number of phosphoric ester groups is 1. The van der Waals surface area contributed by atoms with E-state index in [1.807, 2.05) is 0 Å². The van der Waals surface area contributed by atoms with E-state index in [-0.39, 0.29) is 32.6 Å². The van der Waals surface area contributed by atoms with Crippen molar-refractivity contribution >= 4 is 19.8 Å². The molecule has 284 valence electrons. The second kappa shape index (κ2) is 35.8. The Balaban J connectivity index is 4.26.